The van der Waals surface area contributed by atoms with Gasteiger partial charge in [0.2, 0.25) is 11.8 Å². The van der Waals surface area contributed by atoms with E-state index in [0.29, 0.717) is 29.1 Å². The average molecular weight is 401 g/mol. The molecule has 2 fully saturated rings. The Morgan fingerprint density at radius 2 is 2.00 bits per heavy atom. The van der Waals surface area contributed by atoms with Gasteiger partial charge in [0.05, 0.1) is 18.6 Å². The van der Waals surface area contributed by atoms with Gasteiger partial charge in [0.15, 0.2) is 5.16 Å². The van der Waals surface area contributed by atoms with Crippen LogP contribution in [0.4, 0.5) is 11.4 Å². The maximum Gasteiger partial charge on any atom is 0.234 e. The monoisotopic (exact) mass is 401 g/mol. The van der Waals surface area contributed by atoms with Crippen LogP contribution in [0.15, 0.2) is 23.4 Å². The Balaban J connectivity index is 1.42. The lowest BCUT2D eigenvalue weighted by atomic mass is 10.2. The summed E-state index contributed by atoms with van der Waals surface area (Å²) in [5, 5.41) is 15.1. The molecule has 0 unspecified atom stereocenters. The number of nitrogens with zero attached hydrogens (tertiary/aromatic N) is 3. The van der Waals surface area contributed by atoms with Gasteiger partial charge in [-0.2, -0.15) is 0 Å². The van der Waals surface area contributed by atoms with Crippen molar-refractivity contribution in [1.29, 1.82) is 0 Å². The van der Waals surface area contributed by atoms with Crippen molar-refractivity contribution in [2.45, 2.75) is 49.7 Å². The van der Waals surface area contributed by atoms with Crippen LogP contribution in [0.3, 0.4) is 0 Å². The van der Waals surface area contributed by atoms with Crippen molar-refractivity contribution >= 4 is 35.0 Å². The minimum Gasteiger partial charge on any atom is -0.495 e. The maximum absolute atomic E-state index is 12.5. The third kappa shape index (κ3) is 4.30. The van der Waals surface area contributed by atoms with Gasteiger partial charge in [-0.1, -0.05) is 11.8 Å². The molecule has 0 bridgehead atoms. The van der Waals surface area contributed by atoms with Crippen LogP contribution in [0.25, 0.3) is 0 Å². The van der Waals surface area contributed by atoms with E-state index in [1.807, 2.05) is 0 Å². The van der Waals surface area contributed by atoms with Gasteiger partial charge in [-0.3, -0.25) is 9.59 Å². The number of nitrogens with one attached hydrogen (secondary N) is 2. The van der Waals surface area contributed by atoms with E-state index in [2.05, 4.69) is 25.4 Å². The number of aromatic nitrogens is 3. The standard InChI is InChI=1S/C19H23N5O3S/c1-11(25)20-13-5-8-16(27-2)15(9-13)21-17(26)10-28-19-23-22-18(12-3-4-12)24(19)14-6-7-14/h5,8-9,12,14H,3-4,6-7,10H2,1-2H3,(H,20,25)(H,21,26). The summed E-state index contributed by atoms with van der Waals surface area (Å²) in [6.45, 7) is 1.44. The largest absolute Gasteiger partial charge is 0.495 e. The van der Waals surface area contributed by atoms with Crippen LogP contribution in [0.1, 0.15) is 50.4 Å². The number of rotatable bonds is 8. The molecule has 2 aliphatic carbocycles. The van der Waals surface area contributed by atoms with Crippen molar-refractivity contribution in [1.82, 2.24) is 14.8 Å². The third-order valence-corrected chi connectivity index (χ3v) is 5.61. The van der Waals surface area contributed by atoms with Gasteiger partial charge in [0.1, 0.15) is 11.6 Å². The summed E-state index contributed by atoms with van der Waals surface area (Å²) < 4.78 is 7.53. The molecule has 2 amide bonds. The Morgan fingerprint density at radius 1 is 1.21 bits per heavy atom. The number of hydrogen-bond acceptors (Lipinski definition) is 6. The lowest BCUT2D eigenvalue weighted by Crippen LogP contribution is -2.16. The number of anilines is 2. The molecule has 2 saturated carbocycles. The lowest BCUT2D eigenvalue weighted by molar-refractivity contribution is -0.114. The highest BCUT2D eigenvalue weighted by Crippen LogP contribution is 2.46. The second-order valence-corrected chi connectivity index (χ2v) is 8.09. The smallest absolute Gasteiger partial charge is 0.234 e. The number of amides is 2. The zero-order valence-corrected chi connectivity index (χ0v) is 16.7. The molecule has 2 aromatic rings. The second kappa shape index (κ2) is 7.83. The number of carbonyl (C=O) groups is 2. The van der Waals surface area contributed by atoms with Crippen molar-refractivity contribution < 1.29 is 14.3 Å². The average Bonchev–Trinajstić information content (AvgIpc) is 3.58. The van der Waals surface area contributed by atoms with Gasteiger partial charge in [-0.15, -0.1) is 10.2 Å². The molecule has 2 aliphatic rings. The van der Waals surface area contributed by atoms with E-state index in [9.17, 15) is 9.59 Å². The predicted molar refractivity (Wildman–Crippen MR) is 107 cm³/mol. The van der Waals surface area contributed by atoms with E-state index >= 15 is 0 Å². The van der Waals surface area contributed by atoms with Crippen LogP contribution in [0, 0.1) is 0 Å². The minimum absolute atomic E-state index is 0.165. The summed E-state index contributed by atoms with van der Waals surface area (Å²) in [5.41, 5.74) is 1.11. The summed E-state index contributed by atoms with van der Waals surface area (Å²) in [7, 11) is 1.54. The molecule has 0 spiro atoms. The van der Waals surface area contributed by atoms with Gasteiger partial charge < -0.3 is 19.9 Å². The Morgan fingerprint density at radius 3 is 2.64 bits per heavy atom. The number of thioether (sulfide) groups is 1. The zero-order valence-electron chi connectivity index (χ0n) is 15.9. The molecule has 2 N–H and O–H groups in total. The summed E-state index contributed by atoms with van der Waals surface area (Å²) in [6, 6.07) is 5.60. The zero-order chi connectivity index (χ0) is 19.7. The van der Waals surface area contributed by atoms with Gasteiger partial charge >= 0.3 is 0 Å². The first-order chi connectivity index (χ1) is 13.5. The number of ether oxygens (including phenoxy) is 1. The van der Waals surface area contributed by atoms with Crippen LogP contribution in [-0.4, -0.2) is 39.4 Å². The quantitative estimate of drug-likeness (QED) is 0.659. The van der Waals surface area contributed by atoms with Crippen LogP contribution in [0.2, 0.25) is 0 Å². The van der Waals surface area contributed by atoms with E-state index < -0.39 is 0 Å². The molecule has 0 atom stereocenters. The Kier molecular flexibility index (Phi) is 5.25. The molecular weight excluding hydrogens is 378 g/mol. The van der Waals surface area contributed by atoms with Crippen molar-refractivity contribution in [3.05, 3.63) is 24.0 Å². The first-order valence-corrected chi connectivity index (χ1v) is 10.4. The molecule has 0 radical (unpaired) electrons. The molecule has 8 nitrogen and oxygen atoms in total. The Bertz CT molecular complexity index is 905. The van der Waals surface area contributed by atoms with Crippen LogP contribution in [0.5, 0.6) is 5.75 Å². The van der Waals surface area contributed by atoms with Gasteiger partial charge in [-0.05, 0) is 43.9 Å². The summed E-state index contributed by atoms with van der Waals surface area (Å²) >= 11 is 1.40. The molecule has 9 heteroatoms. The van der Waals surface area contributed by atoms with Crippen LogP contribution < -0.4 is 15.4 Å². The molecule has 1 aromatic carbocycles. The number of hydrogen-bond donors (Lipinski definition) is 2. The Hall–Kier alpha value is -2.55. The topological polar surface area (TPSA) is 98.1 Å². The number of carbonyl (C=O) groups excluding carboxylic acids is 2. The van der Waals surface area contributed by atoms with Gasteiger partial charge in [-0.25, -0.2) is 0 Å². The number of methoxy groups -OCH3 is 1. The highest BCUT2D eigenvalue weighted by atomic mass is 32.2. The van der Waals surface area contributed by atoms with E-state index in [1.165, 1.54) is 38.6 Å². The fourth-order valence-electron chi connectivity index (χ4n) is 3.09. The molecule has 1 aromatic heterocycles. The van der Waals surface area contributed by atoms with Gasteiger partial charge in [0.25, 0.3) is 0 Å². The molecule has 4 rings (SSSR count). The van der Waals surface area contributed by atoms with Crippen LogP contribution >= 0.6 is 11.8 Å². The first kappa shape index (κ1) is 18.8. The molecule has 28 heavy (non-hydrogen) atoms. The summed E-state index contributed by atoms with van der Waals surface area (Å²) in [5.74, 6) is 2.03. The number of benzene rings is 1. The molecule has 148 valence electrons. The van der Waals surface area contributed by atoms with Crippen molar-refractivity contribution in [2.75, 3.05) is 23.5 Å². The van der Waals surface area contributed by atoms with Gasteiger partial charge in [0, 0.05) is 24.6 Å². The predicted octanol–water partition coefficient (Wildman–Crippen LogP) is 3.19. The van der Waals surface area contributed by atoms with E-state index in [1.54, 1.807) is 18.2 Å². The summed E-state index contributed by atoms with van der Waals surface area (Å²) in [6.07, 6.45) is 4.68. The maximum atomic E-state index is 12.5. The van der Waals surface area contributed by atoms with E-state index in [0.717, 1.165) is 23.8 Å². The minimum atomic E-state index is -0.177. The van der Waals surface area contributed by atoms with Crippen molar-refractivity contribution in [2.24, 2.45) is 0 Å². The second-order valence-electron chi connectivity index (χ2n) is 7.15. The Labute approximate surface area is 167 Å². The van der Waals surface area contributed by atoms with E-state index in [4.69, 9.17) is 4.74 Å². The fourth-order valence-corrected chi connectivity index (χ4v) is 3.90. The normalized spacial score (nSPS) is 15.9. The summed E-state index contributed by atoms with van der Waals surface area (Å²) in [4.78, 5) is 23.8. The molecular formula is C19H23N5O3S. The van der Waals surface area contributed by atoms with Crippen LogP contribution in [-0.2, 0) is 9.59 Å². The highest BCUT2D eigenvalue weighted by Gasteiger charge is 2.36. The third-order valence-electron chi connectivity index (χ3n) is 4.67. The van der Waals surface area contributed by atoms with Crippen molar-refractivity contribution in [3.63, 3.8) is 0 Å². The lowest BCUT2D eigenvalue weighted by Gasteiger charge is -2.12. The first-order valence-electron chi connectivity index (χ1n) is 9.38. The molecule has 0 saturated heterocycles. The molecule has 0 aliphatic heterocycles. The molecule has 1 heterocycles. The fraction of sp³-hybridized carbons (Fsp3) is 0.474. The van der Waals surface area contributed by atoms with Crippen molar-refractivity contribution in [3.8, 4) is 5.75 Å². The van der Waals surface area contributed by atoms with E-state index in [-0.39, 0.29) is 17.6 Å². The highest BCUT2D eigenvalue weighted by molar-refractivity contribution is 7.99. The SMILES string of the molecule is COc1ccc(NC(C)=O)cc1NC(=O)CSc1nnc(C2CC2)n1C1CC1.